The van der Waals surface area contributed by atoms with E-state index in [0.717, 1.165) is 5.92 Å². The van der Waals surface area contributed by atoms with Crippen molar-refractivity contribution in [3.63, 3.8) is 0 Å². The van der Waals surface area contributed by atoms with Crippen LogP contribution in [0.3, 0.4) is 0 Å². The van der Waals surface area contributed by atoms with Crippen LogP contribution in [-0.4, -0.2) is 6.04 Å². The Morgan fingerprint density at radius 2 is 2.00 bits per heavy atom. The molecule has 92 valence electrons. The van der Waals surface area contributed by atoms with Gasteiger partial charge in [-0.1, -0.05) is 33.3 Å². The van der Waals surface area contributed by atoms with Crippen LogP contribution in [0.5, 0.6) is 0 Å². The first-order valence-corrected chi connectivity index (χ1v) is 7.34. The van der Waals surface area contributed by atoms with Gasteiger partial charge in [0, 0.05) is 17.0 Å². The fourth-order valence-corrected chi connectivity index (χ4v) is 2.72. The molecule has 0 saturated carbocycles. The molecule has 1 aromatic rings. The summed E-state index contributed by atoms with van der Waals surface area (Å²) in [7, 11) is 0. The van der Waals surface area contributed by atoms with E-state index >= 15 is 0 Å². The molecule has 0 radical (unpaired) electrons. The second kappa shape index (κ2) is 7.08. The Morgan fingerprint density at radius 1 is 1.25 bits per heavy atom. The second-order valence-corrected chi connectivity index (χ2v) is 5.74. The van der Waals surface area contributed by atoms with E-state index in [-0.39, 0.29) is 0 Å². The van der Waals surface area contributed by atoms with Crippen LogP contribution in [-0.2, 0) is 0 Å². The van der Waals surface area contributed by atoms with Crippen molar-refractivity contribution in [1.82, 2.24) is 5.32 Å². The molecule has 0 spiro atoms. The van der Waals surface area contributed by atoms with Crippen molar-refractivity contribution < 1.29 is 0 Å². The van der Waals surface area contributed by atoms with Gasteiger partial charge in [-0.25, -0.2) is 0 Å². The zero-order valence-corrected chi connectivity index (χ0v) is 11.8. The normalized spacial score (nSPS) is 17.0. The zero-order chi connectivity index (χ0) is 12.0. The van der Waals surface area contributed by atoms with Crippen molar-refractivity contribution in [2.75, 3.05) is 0 Å². The minimum absolute atomic E-state index is 0.494. The van der Waals surface area contributed by atoms with Crippen molar-refractivity contribution in [3.05, 3.63) is 22.4 Å². The third-order valence-electron chi connectivity index (χ3n) is 3.33. The largest absolute Gasteiger partial charge is 0.307 e. The van der Waals surface area contributed by atoms with Gasteiger partial charge in [0.15, 0.2) is 0 Å². The number of thiophene rings is 1. The molecule has 1 rings (SSSR count). The number of hydrogen-bond donors (Lipinski definition) is 1. The fraction of sp³-hybridized carbons (Fsp3) is 0.714. The lowest BCUT2D eigenvalue weighted by Crippen LogP contribution is -2.32. The van der Waals surface area contributed by atoms with Crippen LogP contribution >= 0.6 is 11.3 Å². The lowest BCUT2D eigenvalue weighted by Gasteiger charge is -2.24. The molecule has 3 atom stereocenters. The molecular formula is C14H25NS. The van der Waals surface area contributed by atoms with E-state index in [1.807, 2.05) is 11.3 Å². The summed E-state index contributed by atoms with van der Waals surface area (Å²) in [5.74, 6) is 0.827. The summed E-state index contributed by atoms with van der Waals surface area (Å²) in [6.45, 7) is 9.17. The molecule has 1 nitrogen and oxygen atoms in total. The average molecular weight is 239 g/mol. The van der Waals surface area contributed by atoms with Crippen LogP contribution in [0.2, 0.25) is 0 Å². The van der Waals surface area contributed by atoms with Crippen LogP contribution in [0.25, 0.3) is 0 Å². The highest BCUT2D eigenvalue weighted by Crippen LogP contribution is 2.21. The van der Waals surface area contributed by atoms with Crippen LogP contribution < -0.4 is 5.32 Å². The second-order valence-electron chi connectivity index (χ2n) is 4.76. The molecule has 0 aliphatic carbocycles. The molecular weight excluding hydrogens is 214 g/mol. The highest BCUT2D eigenvalue weighted by Gasteiger charge is 2.14. The van der Waals surface area contributed by atoms with Gasteiger partial charge in [-0.05, 0) is 37.1 Å². The maximum Gasteiger partial charge on any atom is 0.0388 e. The summed E-state index contributed by atoms with van der Waals surface area (Å²) in [4.78, 5) is 1.45. The highest BCUT2D eigenvalue weighted by molar-refractivity contribution is 7.10. The summed E-state index contributed by atoms with van der Waals surface area (Å²) in [6.07, 6.45) is 3.80. The maximum atomic E-state index is 3.74. The Labute approximate surface area is 104 Å². The topological polar surface area (TPSA) is 12.0 Å². The van der Waals surface area contributed by atoms with E-state index in [0.29, 0.717) is 12.1 Å². The molecule has 0 saturated heterocycles. The van der Waals surface area contributed by atoms with Gasteiger partial charge in [0.05, 0.1) is 0 Å². The summed E-state index contributed by atoms with van der Waals surface area (Å²) in [5, 5.41) is 5.90. The predicted octanol–water partition coefficient (Wildman–Crippen LogP) is 4.61. The number of rotatable bonds is 7. The van der Waals surface area contributed by atoms with E-state index in [1.165, 1.54) is 24.1 Å². The van der Waals surface area contributed by atoms with Crippen LogP contribution in [0.1, 0.15) is 57.9 Å². The summed E-state index contributed by atoms with van der Waals surface area (Å²) >= 11 is 1.85. The quantitative estimate of drug-likeness (QED) is 0.732. The molecule has 0 bridgehead atoms. The van der Waals surface area contributed by atoms with Gasteiger partial charge in [-0.3, -0.25) is 0 Å². The molecule has 0 fully saturated rings. The Bertz CT molecular complexity index is 268. The molecule has 16 heavy (non-hydrogen) atoms. The first kappa shape index (κ1) is 13.7. The highest BCUT2D eigenvalue weighted by atomic mass is 32.1. The fourth-order valence-electron chi connectivity index (χ4n) is 1.98. The van der Waals surface area contributed by atoms with Gasteiger partial charge in [0.1, 0.15) is 0 Å². The van der Waals surface area contributed by atoms with E-state index in [9.17, 15) is 0 Å². The SMILES string of the molecule is CCC(C)CC(CC)NC(C)c1cccs1. The third kappa shape index (κ3) is 4.26. The van der Waals surface area contributed by atoms with E-state index in [1.54, 1.807) is 0 Å². The van der Waals surface area contributed by atoms with Gasteiger partial charge in [0.25, 0.3) is 0 Å². The Hall–Kier alpha value is -0.340. The van der Waals surface area contributed by atoms with Crippen LogP contribution in [0.15, 0.2) is 17.5 Å². The van der Waals surface area contributed by atoms with Gasteiger partial charge in [-0.15, -0.1) is 11.3 Å². The van der Waals surface area contributed by atoms with Crippen molar-refractivity contribution in [2.45, 2.75) is 59.0 Å². The third-order valence-corrected chi connectivity index (χ3v) is 4.39. The summed E-state index contributed by atoms with van der Waals surface area (Å²) in [6, 6.07) is 5.51. The number of hydrogen-bond acceptors (Lipinski definition) is 2. The molecule has 0 aliphatic rings. The Kier molecular flexibility index (Phi) is 6.07. The van der Waals surface area contributed by atoms with Crippen molar-refractivity contribution >= 4 is 11.3 Å². The van der Waals surface area contributed by atoms with Crippen molar-refractivity contribution in [2.24, 2.45) is 5.92 Å². The van der Waals surface area contributed by atoms with E-state index < -0.39 is 0 Å². The van der Waals surface area contributed by atoms with Crippen LogP contribution in [0, 0.1) is 5.92 Å². The average Bonchev–Trinajstić information content (AvgIpc) is 2.81. The molecule has 1 aromatic heterocycles. The molecule has 3 unspecified atom stereocenters. The molecule has 1 heterocycles. The summed E-state index contributed by atoms with van der Waals surface area (Å²) in [5.41, 5.74) is 0. The Balaban J connectivity index is 2.43. The summed E-state index contributed by atoms with van der Waals surface area (Å²) < 4.78 is 0. The van der Waals surface area contributed by atoms with Gasteiger partial charge in [-0.2, -0.15) is 0 Å². The zero-order valence-electron chi connectivity index (χ0n) is 11.0. The first-order valence-electron chi connectivity index (χ1n) is 6.46. The molecule has 1 N–H and O–H groups in total. The van der Waals surface area contributed by atoms with Crippen molar-refractivity contribution in [3.8, 4) is 0 Å². The van der Waals surface area contributed by atoms with Gasteiger partial charge in [0.2, 0.25) is 0 Å². The molecule has 2 heteroatoms. The standard InChI is InChI=1S/C14H25NS/c1-5-11(3)10-13(6-2)15-12(4)14-8-7-9-16-14/h7-9,11-13,15H,5-6,10H2,1-4H3. The van der Waals surface area contributed by atoms with Crippen LogP contribution in [0.4, 0.5) is 0 Å². The minimum Gasteiger partial charge on any atom is -0.307 e. The monoisotopic (exact) mass is 239 g/mol. The van der Waals surface area contributed by atoms with E-state index in [4.69, 9.17) is 0 Å². The minimum atomic E-state index is 0.494. The lowest BCUT2D eigenvalue weighted by atomic mass is 9.97. The number of nitrogens with one attached hydrogen (secondary N) is 1. The molecule has 0 aromatic carbocycles. The molecule has 0 amide bonds. The maximum absolute atomic E-state index is 3.74. The van der Waals surface area contributed by atoms with Gasteiger partial charge >= 0.3 is 0 Å². The smallest absolute Gasteiger partial charge is 0.0388 e. The lowest BCUT2D eigenvalue weighted by molar-refractivity contribution is 0.360. The predicted molar refractivity (Wildman–Crippen MR) is 74.0 cm³/mol. The van der Waals surface area contributed by atoms with Gasteiger partial charge < -0.3 is 5.32 Å². The van der Waals surface area contributed by atoms with Crippen molar-refractivity contribution in [1.29, 1.82) is 0 Å². The van der Waals surface area contributed by atoms with E-state index in [2.05, 4.69) is 50.5 Å². The molecule has 0 aliphatic heterocycles. The Morgan fingerprint density at radius 3 is 2.50 bits per heavy atom. The first-order chi connectivity index (χ1) is 7.67.